The van der Waals surface area contributed by atoms with Gasteiger partial charge in [-0.25, -0.2) is 4.98 Å². The minimum Gasteiger partial charge on any atom is -0.367 e. The maximum atomic E-state index is 8.83. The Labute approximate surface area is 148 Å². The molecular weight excluding hydrogens is 308 g/mol. The van der Waals surface area contributed by atoms with Gasteiger partial charge in [0.1, 0.15) is 5.82 Å². The molecule has 126 valence electrons. The average molecular weight is 330 g/mol. The summed E-state index contributed by atoms with van der Waals surface area (Å²) in [6.07, 6.45) is 8.72. The van der Waals surface area contributed by atoms with E-state index in [1.54, 1.807) is 0 Å². The summed E-state index contributed by atoms with van der Waals surface area (Å²) in [6, 6.07) is 13.0. The van der Waals surface area contributed by atoms with E-state index in [2.05, 4.69) is 34.6 Å². The number of pyridine rings is 1. The monoisotopic (exact) mass is 330 g/mol. The highest BCUT2D eigenvalue weighted by Crippen LogP contribution is 2.30. The minimum atomic E-state index is 0.444. The topological polar surface area (TPSA) is 61.1 Å². The summed E-state index contributed by atoms with van der Waals surface area (Å²) in [5.41, 5.74) is 5.55. The highest BCUT2D eigenvalue weighted by Gasteiger charge is 2.24. The van der Waals surface area contributed by atoms with Crippen LogP contribution in [0.1, 0.15) is 54.4 Å². The van der Waals surface area contributed by atoms with Crippen LogP contribution in [0.3, 0.4) is 0 Å². The Balaban J connectivity index is 1.63. The van der Waals surface area contributed by atoms with Gasteiger partial charge in [-0.3, -0.25) is 4.99 Å². The number of benzene rings is 1. The number of fused-ring (bicyclic) bond motifs is 1. The number of hydrogen-bond acceptors (Lipinski definition) is 4. The molecule has 2 aromatic rings. The van der Waals surface area contributed by atoms with Crippen molar-refractivity contribution in [1.29, 1.82) is 5.26 Å². The molecule has 1 N–H and O–H groups in total. The van der Waals surface area contributed by atoms with E-state index < -0.39 is 0 Å². The predicted octanol–water partition coefficient (Wildman–Crippen LogP) is 4.24. The van der Waals surface area contributed by atoms with Crippen molar-refractivity contribution in [3.8, 4) is 6.07 Å². The van der Waals surface area contributed by atoms with Crippen LogP contribution >= 0.6 is 0 Å². The fourth-order valence-electron chi connectivity index (χ4n) is 3.80. The highest BCUT2D eigenvalue weighted by molar-refractivity contribution is 6.17. The molecule has 1 saturated carbocycles. The first kappa shape index (κ1) is 15.8. The summed E-state index contributed by atoms with van der Waals surface area (Å²) in [6.45, 7) is 0.715. The molecule has 4 heteroatoms. The summed E-state index contributed by atoms with van der Waals surface area (Å²) < 4.78 is 0. The highest BCUT2D eigenvalue weighted by atomic mass is 15.0. The molecule has 2 heterocycles. The first-order valence-electron chi connectivity index (χ1n) is 9.10. The molecule has 4 rings (SSSR count). The quantitative estimate of drug-likeness (QED) is 0.912. The zero-order valence-corrected chi connectivity index (χ0v) is 14.3. The summed E-state index contributed by atoms with van der Waals surface area (Å²) >= 11 is 0. The van der Waals surface area contributed by atoms with E-state index in [1.165, 1.54) is 37.7 Å². The number of aliphatic imine (C=N–C) groups is 1. The third-order valence-corrected chi connectivity index (χ3v) is 5.14. The fraction of sp³-hybridized carbons (Fsp3) is 0.381. The number of anilines is 1. The second-order valence-corrected chi connectivity index (χ2v) is 6.87. The molecule has 25 heavy (non-hydrogen) atoms. The van der Waals surface area contributed by atoms with E-state index in [1.807, 2.05) is 18.3 Å². The standard InChI is InChI=1S/C21H22N4/c22-12-10-15-6-8-16(9-7-15)20-19-17(14-24-20)11-13-23-21(19)25-18-4-2-1-3-5-18/h6-9,11,13,18H,1-5,10,14H2,(H,23,25). The number of nitriles is 1. The van der Waals surface area contributed by atoms with Crippen LogP contribution in [0.4, 0.5) is 5.82 Å². The normalized spacial score (nSPS) is 16.8. The van der Waals surface area contributed by atoms with Crippen molar-refractivity contribution >= 4 is 11.5 Å². The molecule has 4 nitrogen and oxygen atoms in total. The molecule has 0 radical (unpaired) electrons. The van der Waals surface area contributed by atoms with Crippen LogP contribution in [-0.4, -0.2) is 16.7 Å². The van der Waals surface area contributed by atoms with Gasteiger partial charge in [-0.15, -0.1) is 0 Å². The summed E-state index contributed by atoms with van der Waals surface area (Å²) in [4.78, 5) is 9.41. The Morgan fingerprint density at radius 1 is 1.08 bits per heavy atom. The van der Waals surface area contributed by atoms with Gasteiger partial charge in [0.25, 0.3) is 0 Å². The summed E-state index contributed by atoms with van der Waals surface area (Å²) in [5.74, 6) is 0.974. The van der Waals surface area contributed by atoms with Gasteiger partial charge in [0.15, 0.2) is 0 Å². The largest absolute Gasteiger partial charge is 0.367 e. The van der Waals surface area contributed by atoms with Crippen molar-refractivity contribution < 1.29 is 0 Å². The zero-order chi connectivity index (χ0) is 17.1. The summed E-state index contributed by atoms with van der Waals surface area (Å²) in [5, 5.41) is 12.5. The van der Waals surface area contributed by atoms with Gasteiger partial charge < -0.3 is 5.32 Å². The van der Waals surface area contributed by atoms with Crippen LogP contribution in [0, 0.1) is 11.3 Å². The molecule has 1 aromatic carbocycles. The van der Waals surface area contributed by atoms with Crippen molar-refractivity contribution in [2.24, 2.45) is 4.99 Å². The molecule has 0 unspecified atom stereocenters. The lowest BCUT2D eigenvalue weighted by Crippen LogP contribution is -2.24. The predicted molar refractivity (Wildman–Crippen MR) is 99.8 cm³/mol. The lowest BCUT2D eigenvalue weighted by molar-refractivity contribution is 0.462. The van der Waals surface area contributed by atoms with Gasteiger partial charge in [-0.2, -0.15) is 5.26 Å². The van der Waals surface area contributed by atoms with Gasteiger partial charge in [0, 0.05) is 23.4 Å². The van der Waals surface area contributed by atoms with Crippen molar-refractivity contribution in [1.82, 2.24) is 4.98 Å². The van der Waals surface area contributed by atoms with Crippen LogP contribution in [-0.2, 0) is 13.0 Å². The minimum absolute atomic E-state index is 0.444. The molecule has 1 fully saturated rings. The van der Waals surface area contributed by atoms with Crippen LogP contribution in [0.15, 0.2) is 41.5 Å². The van der Waals surface area contributed by atoms with Crippen LogP contribution < -0.4 is 5.32 Å². The number of aromatic nitrogens is 1. The number of rotatable bonds is 4. The van der Waals surface area contributed by atoms with Gasteiger partial charge in [0.2, 0.25) is 0 Å². The maximum Gasteiger partial charge on any atom is 0.135 e. The van der Waals surface area contributed by atoms with Gasteiger partial charge in [0.05, 0.1) is 24.7 Å². The first-order valence-corrected chi connectivity index (χ1v) is 9.10. The van der Waals surface area contributed by atoms with E-state index >= 15 is 0 Å². The molecule has 1 aromatic heterocycles. The lowest BCUT2D eigenvalue weighted by atomic mass is 9.94. The van der Waals surface area contributed by atoms with Crippen LogP contribution in [0.2, 0.25) is 0 Å². The Morgan fingerprint density at radius 3 is 2.64 bits per heavy atom. The van der Waals surface area contributed by atoms with Crippen molar-refractivity contribution in [3.05, 3.63) is 58.8 Å². The second-order valence-electron chi connectivity index (χ2n) is 6.87. The van der Waals surface area contributed by atoms with E-state index in [4.69, 9.17) is 10.3 Å². The Morgan fingerprint density at radius 2 is 1.88 bits per heavy atom. The smallest absolute Gasteiger partial charge is 0.135 e. The van der Waals surface area contributed by atoms with Crippen LogP contribution in [0.25, 0.3) is 0 Å². The third kappa shape index (κ3) is 3.28. The van der Waals surface area contributed by atoms with Crippen LogP contribution in [0.5, 0.6) is 0 Å². The SMILES string of the molecule is N#CCc1ccc(C2=NCc3ccnc(NC4CCCCC4)c32)cc1. The van der Waals surface area contributed by atoms with Gasteiger partial charge in [-0.05, 0) is 30.0 Å². The van der Waals surface area contributed by atoms with Gasteiger partial charge >= 0.3 is 0 Å². The molecule has 0 bridgehead atoms. The van der Waals surface area contributed by atoms with Gasteiger partial charge in [-0.1, -0.05) is 43.5 Å². The Bertz CT molecular complexity index is 824. The van der Waals surface area contributed by atoms with E-state index in [9.17, 15) is 0 Å². The zero-order valence-electron chi connectivity index (χ0n) is 14.3. The average Bonchev–Trinajstić information content (AvgIpc) is 3.09. The molecule has 0 amide bonds. The molecular formula is C21H22N4. The van der Waals surface area contributed by atoms with Crippen molar-refractivity contribution in [3.63, 3.8) is 0 Å². The number of nitrogens with one attached hydrogen (secondary N) is 1. The molecule has 0 spiro atoms. The third-order valence-electron chi connectivity index (χ3n) is 5.14. The molecule has 0 atom stereocenters. The fourth-order valence-corrected chi connectivity index (χ4v) is 3.80. The first-order chi connectivity index (χ1) is 12.3. The molecule has 1 aliphatic heterocycles. The Hall–Kier alpha value is -2.67. The van der Waals surface area contributed by atoms with Crippen molar-refractivity contribution in [2.45, 2.75) is 51.1 Å². The van der Waals surface area contributed by atoms with E-state index in [0.717, 1.165) is 28.2 Å². The summed E-state index contributed by atoms with van der Waals surface area (Å²) in [7, 11) is 0. The van der Waals surface area contributed by atoms with Crippen molar-refractivity contribution in [2.75, 3.05) is 5.32 Å². The molecule has 1 aliphatic carbocycles. The molecule has 0 saturated heterocycles. The second kappa shape index (κ2) is 7.06. The lowest BCUT2D eigenvalue weighted by Gasteiger charge is -2.24. The number of hydrogen-bond donors (Lipinski definition) is 1. The van der Waals surface area contributed by atoms with E-state index in [0.29, 0.717) is 19.0 Å². The number of nitrogens with zero attached hydrogens (tertiary/aromatic N) is 3. The maximum absolute atomic E-state index is 8.83. The Kier molecular flexibility index (Phi) is 4.47. The van der Waals surface area contributed by atoms with E-state index in [-0.39, 0.29) is 0 Å². The molecule has 2 aliphatic rings.